The minimum Gasteiger partial charge on any atom is -0.455 e. The van der Waals surface area contributed by atoms with E-state index >= 15 is 0 Å². The van der Waals surface area contributed by atoms with Crippen molar-refractivity contribution in [3.05, 3.63) is 188 Å². The average molecular weight is 624 g/mol. The molecule has 0 saturated heterocycles. The van der Waals surface area contributed by atoms with E-state index in [0.717, 1.165) is 38.8 Å². The molecule has 1 heterocycles. The van der Waals surface area contributed by atoms with Crippen molar-refractivity contribution in [2.75, 3.05) is 4.90 Å². The Hall–Kier alpha value is -6.38. The number of para-hydroxylation sites is 2. The van der Waals surface area contributed by atoms with Gasteiger partial charge in [0.1, 0.15) is 11.2 Å². The van der Waals surface area contributed by atoms with Crippen LogP contribution in [0.25, 0.3) is 66.1 Å². The minimum absolute atomic E-state index is 0.229. The van der Waals surface area contributed by atoms with Crippen molar-refractivity contribution in [2.45, 2.75) is 0 Å². The minimum atomic E-state index is -0.634. The molecule has 9 rings (SSSR count). The van der Waals surface area contributed by atoms with Crippen molar-refractivity contribution in [3.8, 4) is 33.4 Å². The molecule has 0 spiro atoms. The van der Waals surface area contributed by atoms with Gasteiger partial charge in [0.25, 0.3) is 0 Å². The number of hydrogen-bond acceptors (Lipinski definition) is 2. The lowest BCUT2D eigenvalue weighted by molar-refractivity contribution is 0.673. The molecule has 1 aromatic heterocycles. The zero-order chi connectivity index (χ0) is 40.6. The summed E-state index contributed by atoms with van der Waals surface area (Å²) in [5, 5.41) is 2.46. The summed E-state index contributed by atoms with van der Waals surface area (Å²) in [6.45, 7) is 0. The predicted octanol–water partition coefficient (Wildman–Crippen LogP) is 13.2. The van der Waals surface area contributed by atoms with E-state index < -0.39 is 60.4 Å². The number of benzene rings is 8. The summed E-state index contributed by atoms with van der Waals surface area (Å²) in [7, 11) is 0. The normalized spacial score (nSPS) is 14.2. The Morgan fingerprint density at radius 1 is 0.438 bits per heavy atom. The number of fused-ring (bicyclic) bond motifs is 5. The van der Waals surface area contributed by atoms with Crippen molar-refractivity contribution in [2.24, 2.45) is 0 Å². The van der Waals surface area contributed by atoms with E-state index in [4.69, 9.17) is 18.1 Å². The highest BCUT2D eigenvalue weighted by atomic mass is 16.3. The standard InChI is InChI=1S/C46H31NO/c1-4-13-32(14-5-1)33-23-25-34(26-24-33)35-27-29-36(30-28-35)39-21-12-22-44-45(39)42-31-43(40-19-10-11-20-41(40)46(42)48-44)47(37-15-6-2-7-16-37)38-17-8-3-9-18-38/h1-31H/i2D,3D,6D,7D,8D,9D,15D,16D,17D,18D. The van der Waals surface area contributed by atoms with E-state index in [9.17, 15) is 0 Å². The van der Waals surface area contributed by atoms with E-state index in [1.54, 1.807) is 18.2 Å². The van der Waals surface area contributed by atoms with Crippen molar-refractivity contribution >= 4 is 49.8 Å². The van der Waals surface area contributed by atoms with Crippen LogP contribution in [0.15, 0.2) is 192 Å². The fourth-order valence-electron chi connectivity index (χ4n) is 6.45. The maximum absolute atomic E-state index is 9.02. The third-order valence-electron chi connectivity index (χ3n) is 8.66. The number of hydrogen-bond donors (Lipinski definition) is 0. The summed E-state index contributed by atoms with van der Waals surface area (Å²) in [6.07, 6.45) is 0. The molecule has 2 heteroatoms. The van der Waals surface area contributed by atoms with Crippen LogP contribution in [0.2, 0.25) is 0 Å². The molecule has 0 fully saturated rings. The number of nitrogens with zero attached hydrogens (tertiary/aromatic N) is 1. The van der Waals surface area contributed by atoms with Gasteiger partial charge in [-0.2, -0.15) is 0 Å². The third kappa shape index (κ3) is 4.83. The first kappa shape index (κ1) is 19.3. The highest BCUT2D eigenvalue weighted by Crippen LogP contribution is 2.46. The van der Waals surface area contributed by atoms with Gasteiger partial charge in [-0.15, -0.1) is 0 Å². The Labute approximate surface area is 293 Å². The topological polar surface area (TPSA) is 16.4 Å². The molecule has 0 atom stereocenters. The Morgan fingerprint density at radius 2 is 0.958 bits per heavy atom. The lowest BCUT2D eigenvalue weighted by atomic mass is 9.95. The molecule has 0 saturated carbocycles. The molecule has 0 amide bonds. The predicted molar refractivity (Wildman–Crippen MR) is 202 cm³/mol. The summed E-state index contributed by atoms with van der Waals surface area (Å²) in [5.41, 5.74) is 6.72. The molecule has 0 aliphatic rings. The van der Waals surface area contributed by atoms with Crippen LogP contribution >= 0.6 is 0 Å². The molecule has 48 heavy (non-hydrogen) atoms. The van der Waals surface area contributed by atoms with E-state index in [2.05, 4.69) is 48.5 Å². The summed E-state index contributed by atoms with van der Waals surface area (Å²) < 4.78 is 93.4. The Kier molecular flexibility index (Phi) is 4.74. The molecule has 0 bridgehead atoms. The second kappa shape index (κ2) is 11.8. The van der Waals surface area contributed by atoms with Crippen molar-refractivity contribution in [1.29, 1.82) is 0 Å². The molecule has 0 aliphatic heterocycles. The molecule has 226 valence electrons. The van der Waals surface area contributed by atoms with Gasteiger partial charge in [-0.3, -0.25) is 0 Å². The summed E-state index contributed by atoms with van der Waals surface area (Å²) in [4.78, 5) is 1.21. The molecule has 9 aromatic rings. The van der Waals surface area contributed by atoms with E-state index in [0.29, 0.717) is 27.3 Å². The van der Waals surface area contributed by atoms with Crippen molar-refractivity contribution in [1.82, 2.24) is 0 Å². The maximum Gasteiger partial charge on any atom is 0.143 e. The fourth-order valence-corrected chi connectivity index (χ4v) is 6.45. The van der Waals surface area contributed by atoms with Crippen LogP contribution < -0.4 is 4.90 Å². The summed E-state index contributed by atoms with van der Waals surface area (Å²) in [6, 6.07) is 35.3. The van der Waals surface area contributed by atoms with Gasteiger partial charge in [-0.25, -0.2) is 0 Å². The van der Waals surface area contributed by atoms with Gasteiger partial charge in [0, 0.05) is 32.9 Å². The lowest BCUT2D eigenvalue weighted by Crippen LogP contribution is -2.10. The van der Waals surface area contributed by atoms with Crippen LogP contribution in [0, 0.1) is 0 Å². The zero-order valence-electron chi connectivity index (χ0n) is 35.5. The maximum atomic E-state index is 9.02. The Bertz CT molecular complexity index is 2980. The van der Waals surface area contributed by atoms with E-state index in [-0.39, 0.29) is 17.1 Å². The second-order valence-corrected chi connectivity index (χ2v) is 11.4. The smallest absolute Gasteiger partial charge is 0.143 e. The molecular weight excluding hydrogens is 583 g/mol. The van der Waals surface area contributed by atoms with E-state index in [1.165, 1.54) is 4.90 Å². The van der Waals surface area contributed by atoms with Gasteiger partial charge in [0.15, 0.2) is 0 Å². The van der Waals surface area contributed by atoms with Crippen LogP contribution in [0.4, 0.5) is 17.1 Å². The number of rotatable bonds is 6. The summed E-state index contributed by atoms with van der Waals surface area (Å²) >= 11 is 0. The first-order valence-corrected chi connectivity index (χ1v) is 15.5. The molecule has 0 aliphatic carbocycles. The van der Waals surface area contributed by atoms with E-state index in [1.807, 2.05) is 60.7 Å². The number of furan rings is 1. The monoisotopic (exact) mass is 623 g/mol. The van der Waals surface area contributed by atoms with Gasteiger partial charge in [0.05, 0.1) is 19.4 Å². The largest absolute Gasteiger partial charge is 0.455 e. The fraction of sp³-hybridized carbons (Fsp3) is 0. The SMILES string of the molecule is [2H]c1c([2H])c([2H])c(N(c2c([2H])c([2H])c([2H])c([2H])c2[2H])c2cc3c(oc4cccc(-c5ccc(-c6ccc(-c7ccccc7)cc6)cc5)c43)c3ccccc23)c([2H])c1[2H]. The van der Waals surface area contributed by atoms with Gasteiger partial charge in [-0.1, -0.05) is 152 Å². The first-order valence-electron chi connectivity index (χ1n) is 20.5. The summed E-state index contributed by atoms with van der Waals surface area (Å²) in [5.74, 6) is 0. The third-order valence-corrected chi connectivity index (χ3v) is 8.66. The average Bonchev–Trinajstić information content (AvgIpc) is 3.65. The molecular formula is C46H31NO. The van der Waals surface area contributed by atoms with Gasteiger partial charge >= 0.3 is 0 Å². The number of anilines is 3. The van der Waals surface area contributed by atoms with Gasteiger partial charge in [0.2, 0.25) is 0 Å². The van der Waals surface area contributed by atoms with Crippen LogP contribution in [0.5, 0.6) is 0 Å². The highest BCUT2D eigenvalue weighted by Gasteiger charge is 2.21. The van der Waals surface area contributed by atoms with Gasteiger partial charge < -0.3 is 9.32 Å². The first-order chi connectivity index (χ1) is 28.0. The van der Waals surface area contributed by atoms with Crippen LogP contribution in [0.1, 0.15) is 13.7 Å². The quantitative estimate of drug-likeness (QED) is 0.183. The van der Waals surface area contributed by atoms with Crippen LogP contribution in [-0.2, 0) is 0 Å². The molecule has 8 aromatic carbocycles. The molecule has 0 unspecified atom stereocenters. The van der Waals surface area contributed by atoms with Crippen molar-refractivity contribution in [3.63, 3.8) is 0 Å². The Morgan fingerprint density at radius 3 is 1.56 bits per heavy atom. The molecule has 0 N–H and O–H groups in total. The van der Waals surface area contributed by atoms with Crippen LogP contribution in [-0.4, -0.2) is 0 Å². The molecule has 2 nitrogen and oxygen atoms in total. The van der Waals surface area contributed by atoms with Gasteiger partial charge in [-0.05, 0) is 69.7 Å². The second-order valence-electron chi connectivity index (χ2n) is 11.4. The zero-order valence-corrected chi connectivity index (χ0v) is 25.5. The van der Waals surface area contributed by atoms with Crippen LogP contribution in [0.3, 0.4) is 0 Å². The highest BCUT2D eigenvalue weighted by molar-refractivity contribution is 6.22. The lowest BCUT2D eigenvalue weighted by Gasteiger charge is -2.27. The Balaban J connectivity index is 1.28. The van der Waals surface area contributed by atoms with Crippen molar-refractivity contribution < 1.29 is 18.1 Å². The molecule has 0 radical (unpaired) electrons.